The molecule has 1 amide bonds. The van der Waals surface area contributed by atoms with Crippen molar-refractivity contribution in [2.45, 2.75) is 0 Å². The minimum Gasteiger partial charge on any atom is -0.335 e. The Morgan fingerprint density at radius 1 is 1.12 bits per heavy atom. The van der Waals surface area contributed by atoms with E-state index in [0.29, 0.717) is 29.0 Å². The Bertz CT molecular complexity index is 762. The van der Waals surface area contributed by atoms with Crippen LogP contribution in [-0.4, -0.2) is 53.0 Å². The van der Waals surface area contributed by atoms with Gasteiger partial charge >= 0.3 is 0 Å². The highest BCUT2D eigenvalue weighted by Gasteiger charge is 2.24. The lowest BCUT2D eigenvalue weighted by molar-refractivity contribution is 0.0641. The van der Waals surface area contributed by atoms with Crippen molar-refractivity contribution in [1.82, 2.24) is 14.4 Å². The van der Waals surface area contributed by atoms with Gasteiger partial charge in [0.05, 0.1) is 5.02 Å². The van der Waals surface area contributed by atoms with Gasteiger partial charge in [-0.25, -0.2) is 0 Å². The van der Waals surface area contributed by atoms with Gasteiger partial charge in [0, 0.05) is 39.8 Å². The zero-order chi connectivity index (χ0) is 17.8. The summed E-state index contributed by atoms with van der Waals surface area (Å²) in [6.07, 6.45) is 4.30. The van der Waals surface area contributed by atoms with E-state index in [1.165, 1.54) is 5.56 Å². The zero-order valence-electron chi connectivity index (χ0n) is 14.2. The average molecular weight is 378 g/mol. The third kappa shape index (κ3) is 4.27. The number of halogens is 2. The topological polar surface area (TPSA) is 28.5 Å². The maximum absolute atomic E-state index is 12.6. The highest BCUT2D eigenvalue weighted by Crippen LogP contribution is 2.26. The van der Waals surface area contributed by atoms with Crippen LogP contribution in [0.5, 0.6) is 0 Å². The summed E-state index contributed by atoms with van der Waals surface area (Å²) >= 11 is 12.1. The van der Waals surface area contributed by atoms with E-state index in [9.17, 15) is 4.79 Å². The molecule has 2 heterocycles. The molecule has 1 fully saturated rings. The van der Waals surface area contributed by atoms with Crippen LogP contribution in [0.4, 0.5) is 0 Å². The molecular formula is C19H21Cl2N3O. The van der Waals surface area contributed by atoms with Crippen molar-refractivity contribution in [1.29, 1.82) is 0 Å². The van der Waals surface area contributed by atoms with Gasteiger partial charge in [0.15, 0.2) is 0 Å². The van der Waals surface area contributed by atoms with Gasteiger partial charge in [0.25, 0.3) is 5.91 Å². The third-order valence-corrected chi connectivity index (χ3v) is 5.31. The maximum Gasteiger partial charge on any atom is 0.270 e. The van der Waals surface area contributed by atoms with Crippen LogP contribution in [-0.2, 0) is 7.05 Å². The summed E-state index contributed by atoms with van der Waals surface area (Å²) in [5.74, 6) is -0.0178. The summed E-state index contributed by atoms with van der Waals surface area (Å²) in [7, 11) is 1.76. The first kappa shape index (κ1) is 18.1. The summed E-state index contributed by atoms with van der Waals surface area (Å²) in [5, 5.41) is 0.812. The van der Waals surface area contributed by atoms with Gasteiger partial charge in [0.1, 0.15) is 10.8 Å². The van der Waals surface area contributed by atoms with Crippen LogP contribution in [0, 0.1) is 0 Å². The molecule has 1 aromatic heterocycles. The van der Waals surface area contributed by atoms with Gasteiger partial charge in [-0.2, -0.15) is 0 Å². The Kier molecular flexibility index (Phi) is 5.84. The molecule has 25 heavy (non-hydrogen) atoms. The van der Waals surface area contributed by atoms with E-state index in [2.05, 4.69) is 29.2 Å². The van der Waals surface area contributed by atoms with Gasteiger partial charge in [-0.15, -0.1) is 0 Å². The number of carbonyl (C=O) groups excluding carboxylic acids is 1. The first-order valence-corrected chi connectivity index (χ1v) is 9.06. The predicted octanol–water partition coefficient (Wildman–Crippen LogP) is 3.80. The number of nitrogens with zero attached hydrogens (tertiary/aromatic N) is 3. The molecule has 4 nitrogen and oxygen atoms in total. The Morgan fingerprint density at radius 3 is 2.40 bits per heavy atom. The van der Waals surface area contributed by atoms with Crippen molar-refractivity contribution < 1.29 is 4.79 Å². The van der Waals surface area contributed by atoms with E-state index >= 15 is 0 Å². The van der Waals surface area contributed by atoms with Gasteiger partial charge in [-0.05, 0) is 11.6 Å². The number of hydrogen-bond acceptors (Lipinski definition) is 2. The van der Waals surface area contributed by atoms with Crippen LogP contribution in [0.25, 0.3) is 6.08 Å². The Labute approximate surface area is 158 Å². The number of rotatable bonds is 4. The molecule has 3 rings (SSSR count). The van der Waals surface area contributed by atoms with E-state index in [1.54, 1.807) is 17.7 Å². The molecule has 132 valence electrons. The Morgan fingerprint density at radius 2 is 1.80 bits per heavy atom. The van der Waals surface area contributed by atoms with Crippen LogP contribution in [0.3, 0.4) is 0 Å². The van der Waals surface area contributed by atoms with Crippen molar-refractivity contribution in [3.05, 3.63) is 63.9 Å². The average Bonchev–Trinajstić information content (AvgIpc) is 2.90. The van der Waals surface area contributed by atoms with E-state index in [4.69, 9.17) is 23.2 Å². The SMILES string of the molecule is Cn1c(C(=O)N2CCN(C/C=C/c3ccccc3)CC2)cc(Cl)c1Cl. The molecule has 1 saturated heterocycles. The molecule has 0 unspecified atom stereocenters. The summed E-state index contributed by atoms with van der Waals surface area (Å²) in [4.78, 5) is 16.8. The zero-order valence-corrected chi connectivity index (χ0v) is 15.7. The van der Waals surface area contributed by atoms with Gasteiger partial charge in [-0.3, -0.25) is 9.69 Å². The normalized spacial score (nSPS) is 15.9. The maximum atomic E-state index is 12.6. The lowest BCUT2D eigenvalue weighted by atomic mass is 10.2. The van der Waals surface area contributed by atoms with Gasteiger partial charge < -0.3 is 9.47 Å². The number of hydrogen-bond donors (Lipinski definition) is 0. The fraction of sp³-hybridized carbons (Fsp3) is 0.316. The monoisotopic (exact) mass is 377 g/mol. The van der Waals surface area contributed by atoms with Crippen LogP contribution >= 0.6 is 23.2 Å². The summed E-state index contributed by atoms with van der Waals surface area (Å²) in [6.45, 7) is 4.02. The molecule has 1 aromatic carbocycles. The second-order valence-corrected chi connectivity index (χ2v) is 6.90. The number of carbonyl (C=O) groups is 1. The quantitative estimate of drug-likeness (QED) is 0.810. The molecule has 0 bridgehead atoms. The van der Waals surface area contributed by atoms with Crippen LogP contribution in [0.1, 0.15) is 16.1 Å². The van der Waals surface area contributed by atoms with Crippen LogP contribution < -0.4 is 0 Å². The summed E-state index contributed by atoms with van der Waals surface area (Å²) in [6, 6.07) is 11.9. The summed E-state index contributed by atoms with van der Waals surface area (Å²) < 4.78 is 1.64. The highest BCUT2D eigenvalue weighted by molar-refractivity contribution is 6.41. The molecular weight excluding hydrogens is 357 g/mol. The highest BCUT2D eigenvalue weighted by atomic mass is 35.5. The summed E-state index contributed by atoms with van der Waals surface area (Å²) in [5.41, 5.74) is 1.74. The van der Waals surface area contributed by atoms with Crippen molar-refractivity contribution in [3.63, 3.8) is 0 Å². The van der Waals surface area contributed by atoms with Gasteiger partial charge in [0.2, 0.25) is 0 Å². The van der Waals surface area contributed by atoms with Crippen molar-refractivity contribution in [3.8, 4) is 0 Å². The lowest BCUT2D eigenvalue weighted by Gasteiger charge is -2.34. The number of benzene rings is 1. The Balaban J connectivity index is 1.52. The fourth-order valence-corrected chi connectivity index (χ4v) is 3.32. The molecule has 0 radical (unpaired) electrons. The van der Waals surface area contributed by atoms with Crippen molar-refractivity contribution in [2.24, 2.45) is 7.05 Å². The van der Waals surface area contributed by atoms with E-state index in [0.717, 1.165) is 19.6 Å². The first-order valence-electron chi connectivity index (χ1n) is 8.30. The van der Waals surface area contributed by atoms with E-state index < -0.39 is 0 Å². The Hall–Kier alpha value is -1.75. The van der Waals surface area contributed by atoms with Crippen LogP contribution in [0.2, 0.25) is 10.2 Å². The molecule has 1 aliphatic rings. The van der Waals surface area contributed by atoms with Gasteiger partial charge in [-0.1, -0.05) is 65.7 Å². The van der Waals surface area contributed by atoms with E-state index in [1.807, 2.05) is 23.1 Å². The second kappa shape index (κ2) is 8.09. The molecule has 0 N–H and O–H groups in total. The van der Waals surface area contributed by atoms with E-state index in [-0.39, 0.29) is 5.91 Å². The largest absolute Gasteiger partial charge is 0.335 e. The molecule has 0 spiro atoms. The minimum absolute atomic E-state index is 0.0178. The molecule has 0 atom stereocenters. The standard InChI is InChI=1S/C19H21Cl2N3O/c1-22-17(14-16(20)18(22)21)19(25)24-12-10-23(11-13-24)9-5-8-15-6-3-2-4-7-15/h2-8,14H,9-13H2,1H3/b8-5+. The third-order valence-electron chi connectivity index (χ3n) is 4.47. The number of aromatic nitrogens is 1. The fourth-order valence-electron chi connectivity index (χ4n) is 2.95. The molecule has 1 aliphatic heterocycles. The number of amides is 1. The molecule has 6 heteroatoms. The number of piperazine rings is 1. The lowest BCUT2D eigenvalue weighted by Crippen LogP contribution is -2.48. The van der Waals surface area contributed by atoms with Crippen LogP contribution in [0.15, 0.2) is 42.5 Å². The first-order chi connectivity index (χ1) is 12.1. The smallest absolute Gasteiger partial charge is 0.270 e. The predicted molar refractivity (Wildman–Crippen MR) is 103 cm³/mol. The molecule has 0 saturated carbocycles. The minimum atomic E-state index is -0.0178. The molecule has 0 aliphatic carbocycles. The second-order valence-electron chi connectivity index (χ2n) is 6.13. The van der Waals surface area contributed by atoms with Crippen molar-refractivity contribution in [2.75, 3.05) is 32.7 Å². The molecule has 2 aromatic rings. The van der Waals surface area contributed by atoms with Crippen molar-refractivity contribution >= 4 is 35.2 Å².